The summed E-state index contributed by atoms with van der Waals surface area (Å²) in [6.07, 6.45) is 1.45. The number of amides is 1. The third-order valence-electron chi connectivity index (χ3n) is 4.84. The zero-order valence-electron chi connectivity index (χ0n) is 16.8. The van der Waals surface area contributed by atoms with Crippen molar-refractivity contribution in [2.75, 3.05) is 11.5 Å². The molecule has 30 heavy (non-hydrogen) atoms. The van der Waals surface area contributed by atoms with Crippen molar-refractivity contribution in [3.63, 3.8) is 0 Å². The highest BCUT2D eigenvalue weighted by molar-refractivity contribution is 6.04. The maximum absolute atomic E-state index is 13.1. The van der Waals surface area contributed by atoms with E-state index in [1.54, 1.807) is 36.4 Å². The second-order valence-electron chi connectivity index (χ2n) is 7.01. The number of anilines is 1. The summed E-state index contributed by atoms with van der Waals surface area (Å²) in [4.78, 5) is 30.3. The number of aryl methyl sites for hydroxylation is 1. The number of hydrogen-bond donors (Lipinski definition) is 1. The molecule has 0 atom stereocenters. The molecule has 0 aliphatic rings. The Balaban J connectivity index is 1.74. The minimum absolute atomic E-state index is 0.104. The summed E-state index contributed by atoms with van der Waals surface area (Å²) < 4.78 is 10.8. The SMILES string of the molecule is CCOc1ccc(N(Cc2cc3cc(C)ccc3[nH]c2=O)C(=O)c2ccco2)cc1. The lowest BCUT2D eigenvalue weighted by molar-refractivity contribution is 0.0958. The maximum Gasteiger partial charge on any atom is 0.294 e. The van der Waals surface area contributed by atoms with Crippen molar-refractivity contribution in [2.24, 2.45) is 0 Å². The molecule has 0 saturated heterocycles. The summed E-state index contributed by atoms with van der Waals surface area (Å²) in [5.41, 5.74) is 2.76. The number of pyridine rings is 1. The topological polar surface area (TPSA) is 75.5 Å². The number of rotatable bonds is 6. The van der Waals surface area contributed by atoms with E-state index >= 15 is 0 Å². The lowest BCUT2D eigenvalue weighted by Gasteiger charge is -2.22. The molecule has 0 aliphatic carbocycles. The molecule has 2 aromatic heterocycles. The molecule has 0 bridgehead atoms. The Kier molecular flexibility index (Phi) is 5.39. The van der Waals surface area contributed by atoms with E-state index < -0.39 is 0 Å². The number of fused-ring (bicyclic) bond motifs is 1. The van der Waals surface area contributed by atoms with Gasteiger partial charge >= 0.3 is 0 Å². The van der Waals surface area contributed by atoms with Crippen molar-refractivity contribution in [2.45, 2.75) is 20.4 Å². The van der Waals surface area contributed by atoms with Gasteiger partial charge in [0.25, 0.3) is 11.5 Å². The number of H-pyrrole nitrogens is 1. The number of nitrogens with zero attached hydrogens (tertiary/aromatic N) is 1. The Labute approximate surface area is 173 Å². The van der Waals surface area contributed by atoms with Crippen LogP contribution in [0.1, 0.15) is 28.6 Å². The highest BCUT2D eigenvalue weighted by Gasteiger charge is 2.22. The van der Waals surface area contributed by atoms with Gasteiger partial charge in [-0.1, -0.05) is 11.6 Å². The molecule has 4 aromatic rings. The first kappa shape index (κ1) is 19.5. The van der Waals surface area contributed by atoms with Crippen LogP contribution in [0.3, 0.4) is 0 Å². The van der Waals surface area contributed by atoms with Gasteiger partial charge in [-0.3, -0.25) is 9.59 Å². The van der Waals surface area contributed by atoms with Crippen LogP contribution in [-0.2, 0) is 6.54 Å². The van der Waals surface area contributed by atoms with Gasteiger partial charge < -0.3 is 19.0 Å². The van der Waals surface area contributed by atoms with E-state index in [-0.39, 0.29) is 23.8 Å². The predicted molar refractivity (Wildman–Crippen MR) is 116 cm³/mol. The number of nitrogens with one attached hydrogen (secondary N) is 1. The highest BCUT2D eigenvalue weighted by atomic mass is 16.5. The van der Waals surface area contributed by atoms with Crippen LogP contribution in [-0.4, -0.2) is 17.5 Å². The average molecular weight is 402 g/mol. The van der Waals surface area contributed by atoms with Gasteiger partial charge in [0.05, 0.1) is 19.4 Å². The first-order chi connectivity index (χ1) is 14.5. The quantitative estimate of drug-likeness (QED) is 0.508. The maximum atomic E-state index is 13.1. The normalized spacial score (nSPS) is 10.9. The number of carbonyl (C=O) groups excluding carboxylic acids is 1. The van der Waals surface area contributed by atoms with Gasteiger partial charge in [0.2, 0.25) is 0 Å². The second kappa shape index (κ2) is 8.29. The Morgan fingerprint density at radius 1 is 1.10 bits per heavy atom. The zero-order valence-corrected chi connectivity index (χ0v) is 16.8. The lowest BCUT2D eigenvalue weighted by atomic mass is 10.1. The fraction of sp³-hybridized carbons (Fsp3) is 0.167. The summed E-state index contributed by atoms with van der Waals surface area (Å²) in [5, 5.41) is 0.918. The van der Waals surface area contributed by atoms with Crippen LogP contribution in [0.15, 0.2) is 76.1 Å². The van der Waals surface area contributed by atoms with E-state index in [4.69, 9.17) is 9.15 Å². The number of carbonyl (C=O) groups is 1. The summed E-state index contributed by atoms with van der Waals surface area (Å²) >= 11 is 0. The first-order valence-corrected chi connectivity index (χ1v) is 9.76. The molecule has 6 nitrogen and oxygen atoms in total. The predicted octanol–water partition coefficient (Wildman–Crippen LogP) is 4.68. The van der Waals surface area contributed by atoms with E-state index in [9.17, 15) is 9.59 Å². The van der Waals surface area contributed by atoms with Crippen LogP contribution < -0.4 is 15.2 Å². The van der Waals surface area contributed by atoms with Crippen molar-refractivity contribution in [3.05, 3.63) is 94.2 Å². The number of aromatic amines is 1. The lowest BCUT2D eigenvalue weighted by Crippen LogP contribution is -2.32. The van der Waals surface area contributed by atoms with Crippen molar-refractivity contribution < 1.29 is 13.9 Å². The summed E-state index contributed by atoms with van der Waals surface area (Å²) in [6.45, 7) is 4.57. The Morgan fingerprint density at radius 3 is 2.60 bits per heavy atom. The molecule has 0 unspecified atom stereocenters. The van der Waals surface area contributed by atoms with Crippen LogP contribution in [0.2, 0.25) is 0 Å². The molecular weight excluding hydrogens is 380 g/mol. The fourth-order valence-corrected chi connectivity index (χ4v) is 3.36. The Bertz CT molecular complexity index is 1220. The van der Waals surface area contributed by atoms with E-state index in [1.807, 2.05) is 38.1 Å². The fourth-order valence-electron chi connectivity index (χ4n) is 3.36. The zero-order chi connectivity index (χ0) is 21.1. The van der Waals surface area contributed by atoms with Gasteiger partial charge in [0, 0.05) is 16.8 Å². The van der Waals surface area contributed by atoms with E-state index in [2.05, 4.69) is 4.98 Å². The first-order valence-electron chi connectivity index (χ1n) is 9.76. The highest BCUT2D eigenvalue weighted by Crippen LogP contribution is 2.24. The molecule has 0 fully saturated rings. The molecule has 1 amide bonds. The molecule has 2 aromatic carbocycles. The average Bonchev–Trinajstić information content (AvgIpc) is 3.28. The van der Waals surface area contributed by atoms with Gasteiger partial charge in [-0.15, -0.1) is 0 Å². The van der Waals surface area contributed by atoms with E-state index in [0.29, 0.717) is 23.6 Å². The largest absolute Gasteiger partial charge is 0.494 e. The van der Waals surface area contributed by atoms with Gasteiger partial charge in [0.1, 0.15) is 5.75 Å². The monoisotopic (exact) mass is 402 g/mol. The smallest absolute Gasteiger partial charge is 0.294 e. The van der Waals surface area contributed by atoms with Gasteiger partial charge in [-0.2, -0.15) is 0 Å². The summed E-state index contributed by atoms with van der Waals surface area (Å²) in [5.74, 6) is 0.593. The molecule has 1 N–H and O–H groups in total. The standard InChI is InChI=1S/C24H22N2O4/c1-3-29-20-9-7-19(8-10-20)26(24(28)22-5-4-12-30-22)15-18-14-17-13-16(2)6-11-21(17)25-23(18)27/h4-14H,3,15H2,1-2H3,(H,25,27). The molecule has 152 valence electrons. The number of furan rings is 1. The van der Waals surface area contributed by atoms with E-state index in [0.717, 1.165) is 16.5 Å². The molecule has 0 saturated carbocycles. The van der Waals surface area contributed by atoms with Gasteiger partial charge in [-0.25, -0.2) is 0 Å². The molecule has 0 radical (unpaired) electrons. The molecule has 2 heterocycles. The Hall–Kier alpha value is -3.80. The van der Waals surface area contributed by atoms with Gasteiger partial charge in [0.15, 0.2) is 5.76 Å². The number of aromatic nitrogens is 1. The van der Waals surface area contributed by atoms with Crippen LogP contribution in [0.25, 0.3) is 10.9 Å². The minimum atomic E-state index is -0.326. The van der Waals surface area contributed by atoms with Crippen molar-refractivity contribution in [1.82, 2.24) is 4.98 Å². The van der Waals surface area contributed by atoms with Crippen LogP contribution in [0.5, 0.6) is 5.75 Å². The molecule has 0 aliphatic heterocycles. The molecule has 6 heteroatoms. The summed E-state index contributed by atoms with van der Waals surface area (Å²) in [6, 6.07) is 18.1. The third kappa shape index (κ3) is 3.98. The number of ether oxygens (including phenoxy) is 1. The molecule has 4 rings (SSSR count). The Morgan fingerprint density at radius 2 is 1.90 bits per heavy atom. The second-order valence-corrected chi connectivity index (χ2v) is 7.01. The number of benzene rings is 2. The van der Waals surface area contributed by atoms with Crippen LogP contribution in [0, 0.1) is 6.92 Å². The van der Waals surface area contributed by atoms with Crippen molar-refractivity contribution >= 4 is 22.5 Å². The van der Waals surface area contributed by atoms with Crippen LogP contribution in [0.4, 0.5) is 5.69 Å². The van der Waals surface area contributed by atoms with Crippen molar-refractivity contribution in [3.8, 4) is 5.75 Å². The van der Waals surface area contributed by atoms with Gasteiger partial charge in [-0.05, 0) is 73.8 Å². The molecular formula is C24H22N2O4. The van der Waals surface area contributed by atoms with Crippen molar-refractivity contribution in [1.29, 1.82) is 0 Å². The van der Waals surface area contributed by atoms with E-state index in [1.165, 1.54) is 11.2 Å². The summed E-state index contributed by atoms with van der Waals surface area (Å²) in [7, 11) is 0. The molecule has 0 spiro atoms. The third-order valence-corrected chi connectivity index (χ3v) is 4.84. The minimum Gasteiger partial charge on any atom is -0.494 e. The van der Waals surface area contributed by atoms with Crippen LogP contribution >= 0.6 is 0 Å². The number of hydrogen-bond acceptors (Lipinski definition) is 4.